The number of hydrogen-bond donors (Lipinski definition) is 1. The van der Waals surface area contributed by atoms with Gasteiger partial charge < -0.3 is 14.8 Å². The highest BCUT2D eigenvalue weighted by molar-refractivity contribution is 5.94. The van der Waals surface area contributed by atoms with Crippen LogP contribution in [0, 0.1) is 0 Å². The molecule has 1 aliphatic rings. The van der Waals surface area contributed by atoms with Crippen molar-refractivity contribution in [2.75, 3.05) is 40.0 Å². The van der Waals surface area contributed by atoms with Crippen LogP contribution in [0.15, 0.2) is 46.0 Å². The third-order valence-electron chi connectivity index (χ3n) is 5.98. The van der Waals surface area contributed by atoms with Gasteiger partial charge >= 0.3 is 5.69 Å². The molecule has 3 aromatic rings. The second kappa shape index (κ2) is 9.55. The van der Waals surface area contributed by atoms with E-state index < -0.39 is 11.2 Å². The van der Waals surface area contributed by atoms with Crippen molar-refractivity contribution in [3.8, 4) is 5.75 Å². The van der Waals surface area contributed by atoms with Crippen molar-refractivity contribution in [1.82, 2.24) is 24.3 Å². The molecule has 10 nitrogen and oxygen atoms in total. The molecule has 1 aromatic carbocycles. The topological polar surface area (TPSA) is 108 Å². The smallest absolute Gasteiger partial charge is 0.332 e. The first kappa shape index (κ1) is 22.7. The predicted octanol–water partition coefficient (Wildman–Crippen LogP) is 0.444. The number of aryl methyl sites for hydroxylation is 1. The maximum atomic E-state index is 12.9. The van der Waals surface area contributed by atoms with Crippen molar-refractivity contribution in [3.05, 3.63) is 68.5 Å². The summed E-state index contributed by atoms with van der Waals surface area (Å²) in [6.07, 6.45) is 0. The quantitative estimate of drug-likeness (QED) is 0.577. The molecule has 0 bridgehead atoms. The number of carbonyl (C=O) groups is 1. The SMILES string of the molecule is COc1ccc(C(CNC(=O)c2ccc3c(=O)n(C)c(=O)n(C)c3n2)N2CCOCC2)cc1. The molecule has 0 aliphatic carbocycles. The third kappa shape index (κ3) is 4.53. The van der Waals surface area contributed by atoms with Gasteiger partial charge in [-0.25, -0.2) is 9.78 Å². The number of fused-ring (bicyclic) bond motifs is 1. The Balaban J connectivity index is 1.58. The number of hydrogen-bond acceptors (Lipinski definition) is 7. The van der Waals surface area contributed by atoms with Gasteiger partial charge in [-0.1, -0.05) is 12.1 Å². The Morgan fingerprint density at radius 2 is 1.79 bits per heavy atom. The van der Waals surface area contributed by atoms with Crippen molar-refractivity contribution in [1.29, 1.82) is 0 Å². The van der Waals surface area contributed by atoms with Gasteiger partial charge in [0.2, 0.25) is 0 Å². The minimum atomic E-state index is -0.496. The molecule has 1 unspecified atom stereocenters. The van der Waals surface area contributed by atoms with Crippen LogP contribution >= 0.6 is 0 Å². The van der Waals surface area contributed by atoms with Crippen LogP contribution in [0.25, 0.3) is 11.0 Å². The van der Waals surface area contributed by atoms with E-state index in [4.69, 9.17) is 9.47 Å². The second-order valence-electron chi connectivity index (χ2n) is 7.92. The summed E-state index contributed by atoms with van der Waals surface area (Å²) in [5.41, 5.74) is 0.427. The summed E-state index contributed by atoms with van der Waals surface area (Å²) in [7, 11) is 4.56. The molecule has 1 fully saturated rings. The van der Waals surface area contributed by atoms with Gasteiger partial charge in [0.25, 0.3) is 11.5 Å². The van der Waals surface area contributed by atoms with Gasteiger partial charge in [-0.05, 0) is 29.8 Å². The van der Waals surface area contributed by atoms with Crippen LogP contribution in [0.3, 0.4) is 0 Å². The van der Waals surface area contributed by atoms with Gasteiger partial charge in [-0.15, -0.1) is 0 Å². The molecule has 2 aromatic heterocycles. The highest BCUT2D eigenvalue weighted by Gasteiger charge is 2.24. The molecule has 174 valence electrons. The van der Waals surface area contributed by atoms with E-state index >= 15 is 0 Å². The van der Waals surface area contributed by atoms with Crippen LogP contribution in [0.5, 0.6) is 5.75 Å². The minimum absolute atomic E-state index is 0.0548. The average molecular weight is 453 g/mol. The minimum Gasteiger partial charge on any atom is -0.497 e. The van der Waals surface area contributed by atoms with Crippen LogP contribution in [0.2, 0.25) is 0 Å². The molecular weight excluding hydrogens is 426 g/mol. The summed E-state index contributed by atoms with van der Waals surface area (Å²) >= 11 is 0. The molecular formula is C23H27N5O5. The maximum Gasteiger partial charge on any atom is 0.332 e. The van der Waals surface area contributed by atoms with Crippen molar-refractivity contribution >= 4 is 16.9 Å². The predicted molar refractivity (Wildman–Crippen MR) is 123 cm³/mol. The molecule has 1 N–H and O–H groups in total. The number of methoxy groups -OCH3 is 1. The molecule has 10 heteroatoms. The summed E-state index contributed by atoms with van der Waals surface area (Å²) in [5.74, 6) is 0.387. The van der Waals surface area contributed by atoms with E-state index in [0.29, 0.717) is 19.8 Å². The number of amides is 1. The molecule has 1 atom stereocenters. The zero-order chi connectivity index (χ0) is 23.5. The van der Waals surface area contributed by atoms with E-state index in [1.165, 1.54) is 30.8 Å². The molecule has 1 aliphatic heterocycles. The van der Waals surface area contributed by atoms with Gasteiger partial charge in [-0.2, -0.15) is 0 Å². The zero-order valence-electron chi connectivity index (χ0n) is 18.9. The number of morpholine rings is 1. The largest absolute Gasteiger partial charge is 0.497 e. The first-order chi connectivity index (χ1) is 15.9. The Bertz CT molecular complexity index is 1280. The molecule has 0 saturated carbocycles. The Hall–Kier alpha value is -3.50. The fourth-order valence-electron chi connectivity index (χ4n) is 4.03. The molecule has 0 spiro atoms. The lowest BCUT2D eigenvalue weighted by atomic mass is 10.0. The number of aromatic nitrogens is 3. The van der Waals surface area contributed by atoms with E-state index in [-0.39, 0.29) is 28.7 Å². The molecule has 3 heterocycles. The van der Waals surface area contributed by atoms with E-state index in [9.17, 15) is 14.4 Å². The zero-order valence-corrected chi connectivity index (χ0v) is 18.9. The second-order valence-corrected chi connectivity index (χ2v) is 7.92. The Morgan fingerprint density at radius 1 is 1.09 bits per heavy atom. The molecule has 33 heavy (non-hydrogen) atoms. The highest BCUT2D eigenvalue weighted by Crippen LogP contribution is 2.24. The van der Waals surface area contributed by atoms with Crippen LogP contribution < -0.4 is 21.3 Å². The summed E-state index contributed by atoms with van der Waals surface area (Å²) in [4.78, 5) is 44.1. The summed E-state index contributed by atoms with van der Waals surface area (Å²) in [6.45, 7) is 3.14. The number of nitrogens with zero attached hydrogens (tertiary/aromatic N) is 4. The number of carbonyl (C=O) groups excluding carboxylic acids is 1. The van der Waals surface area contributed by atoms with Gasteiger partial charge in [-0.3, -0.25) is 23.6 Å². The van der Waals surface area contributed by atoms with Crippen molar-refractivity contribution < 1.29 is 14.3 Å². The van der Waals surface area contributed by atoms with Crippen LogP contribution in [0.1, 0.15) is 22.1 Å². The number of rotatable bonds is 6. The molecule has 0 radical (unpaired) electrons. The van der Waals surface area contributed by atoms with Crippen molar-refractivity contribution in [2.45, 2.75) is 6.04 Å². The fourth-order valence-corrected chi connectivity index (χ4v) is 4.03. The summed E-state index contributed by atoms with van der Waals surface area (Å²) < 4.78 is 13.0. The highest BCUT2D eigenvalue weighted by atomic mass is 16.5. The normalized spacial score (nSPS) is 15.4. The fraction of sp³-hybridized carbons (Fsp3) is 0.391. The van der Waals surface area contributed by atoms with Crippen molar-refractivity contribution in [2.24, 2.45) is 14.1 Å². The van der Waals surface area contributed by atoms with Crippen LogP contribution in [-0.4, -0.2) is 64.9 Å². The number of benzene rings is 1. The third-order valence-corrected chi connectivity index (χ3v) is 5.98. The standard InChI is InChI=1S/C23H27N5O5/c1-26-20-17(22(30)27(2)23(26)31)8-9-18(25-20)21(29)24-14-19(28-10-12-33-13-11-28)15-4-6-16(32-3)7-5-15/h4-9,19H,10-14H2,1-3H3,(H,24,29). The summed E-state index contributed by atoms with van der Waals surface area (Å²) in [5, 5.41) is 3.24. The van der Waals surface area contributed by atoms with Gasteiger partial charge in [0.15, 0.2) is 0 Å². The van der Waals surface area contributed by atoms with Crippen molar-refractivity contribution in [3.63, 3.8) is 0 Å². The molecule has 1 amide bonds. The monoisotopic (exact) mass is 453 g/mol. The van der Waals surface area contributed by atoms with Gasteiger partial charge in [0.1, 0.15) is 17.1 Å². The first-order valence-corrected chi connectivity index (χ1v) is 10.7. The Labute approximate surface area is 190 Å². The lowest BCUT2D eigenvalue weighted by Gasteiger charge is -2.35. The lowest BCUT2D eigenvalue weighted by molar-refractivity contribution is 0.0162. The van der Waals surface area contributed by atoms with E-state index in [1.54, 1.807) is 7.11 Å². The van der Waals surface area contributed by atoms with Crippen LogP contribution in [-0.2, 0) is 18.8 Å². The first-order valence-electron chi connectivity index (χ1n) is 10.7. The summed E-state index contributed by atoms with van der Waals surface area (Å²) in [6, 6.07) is 10.8. The van der Waals surface area contributed by atoms with Gasteiger partial charge in [0.05, 0.1) is 31.8 Å². The van der Waals surface area contributed by atoms with E-state index in [0.717, 1.165) is 29.0 Å². The maximum absolute atomic E-state index is 12.9. The Kier molecular flexibility index (Phi) is 6.57. The average Bonchev–Trinajstić information content (AvgIpc) is 2.86. The van der Waals surface area contributed by atoms with E-state index in [2.05, 4.69) is 15.2 Å². The molecule has 1 saturated heterocycles. The Morgan fingerprint density at radius 3 is 2.45 bits per heavy atom. The number of ether oxygens (including phenoxy) is 2. The van der Waals surface area contributed by atoms with Crippen LogP contribution in [0.4, 0.5) is 0 Å². The number of pyridine rings is 1. The lowest BCUT2D eigenvalue weighted by Crippen LogP contribution is -2.44. The van der Waals surface area contributed by atoms with Gasteiger partial charge in [0, 0.05) is 33.7 Å². The number of nitrogens with one attached hydrogen (secondary N) is 1. The molecule has 4 rings (SSSR count). The van der Waals surface area contributed by atoms with E-state index in [1.807, 2.05) is 24.3 Å².